The summed E-state index contributed by atoms with van der Waals surface area (Å²) >= 11 is 5.52. The average Bonchev–Trinajstić information content (AvgIpc) is 2.30. The molecule has 0 bridgehead atoms. The first-order chi connectivity index (χ1) is 5.15. The van der Waals surface area contributed by atoms with Crippen molar-refractivity contribution in [3.8, 4) is 0 Å². The van der Waals surface area contributed by atoms with Gasteiger partial charge in [0.2, 0.25) is 0 Å². The third kappa shape index (κ3) is 1.64. The molecule has 0 radical (unpaired) electrons. The molecule has 6 heteroatoms. The van der Waals surface area contributed by atoms with Crippen LogP contribution in [-0.2, 0) is 0 Å². The summed E-state index contributed by atoms with van der Waals surface area (Å²) in [5.74, 6) is -1.04. The van der Waals surface area contributed by atoms with Crippen molar-refractivity contribution >= 4 is 32.6 Å². The predicted octanol–water partition coefficient (Wildman–Crippen LogP) is 1.57. The molecule has 0 aliphatic rings. The van der Waals surface area contributed by atoms with Crippen molar-refractivity contribution in [1.29, 1.82) is 0 Å². The molecule has 1 aromatic heterocycles. The van der Waals surface area contributed by atoms with E-state index in [2.05, 4.69) is 19.5 Å². The number of hydrogen-bond acceptors (Lipinski definition) is 2. The summed E-state index contributed by atoms with van der Waals surface area (Å²) in [6, 6.07) is 1.50. The Morgan fingerprint density at radius 1 is 1.82 bits per heavy atom. The molecule has 4 nitrogen and oxygen atoms in total. The van der Waals surface area contributed by atoms with E-state index in [4.69, 9.17) is 16.7 Å². The van der Waals surface area contributed by atoms with Gasteiger partial charge in [0.05, 0.1) is 5.69 Å². The van der Waals surface area contributed by atoms with Crippen LogP contribution in [0, 0.1) is 0 Å². The minimum absolute atomic E-state index is 0.0602. The third-order valence-corrected chi connectivity index (χ3v) is 1.67. The Bertz CT molecular complexity index is 286. The zero-order chi connectivity index (χ0) is 8.43. The lowest BCUT2D eigenvalue weighted by Crippen LogP contribution is -1.98. The highest BCUT2D eigenvalue weighted by atomic mass is 35.5. The van der Waals surface area contributed by atoms with Gasteiger partial charge < -0.3 is 15.2 Å². The van der Waals surface area contributed by atoms with E-state index in [0.717, 1.165) is 0 Å². The van der Waals surface area contributed by atoms with Gasteiger partial charge in [-0.15, -0.1) is 0 Å². The molecule has 1 unspecified atom stereocenters. The number of carbonyl (C=O) groups is 1. The quantitative estimate of drug-likeness (QED) is 0.623. The number of aromatic amines is 1. The number of carboxylic acids is 1. The van der Waals surface area contributed by atoms with Crippen LogP contribution >= 0.6 is 21.0 Å². The summed E-state index contributed by atoms with van der Waals surface area (Å²) in [4.78, 5) is 12.9. The van der Waals surface area contributed by atoms with Crippen LogP contribution in [0.5, 0.6) is 0 Å². The lowest BCUT2D eigenvalue weighted by atomic mass is 10.4. The average molecular weight is 193 g/mol. The predicted molar refractivity (Wildman–Crippen MR) is 46.1 cm³/mol. The number of carboxylic acid groups (broad SMARTS) is 1. The number of halogens is 1. The molecule has 1 atom stereocenters. The zero-order valence-electron chi connectivity index (χ0n) is 5.39. The van der Waals surface area contributed by atoms with Crippen molar-refractivity contribution < 1.29 is 9.90 Å². The number of hydrogen-bond donors (Lipinski definition) is 3. The van der Waals surface area contributed by atoms with E-state index in [1.165, 1.54) is 6.07 Å². The summed E-state index contributed by atoms with van der Waals surface area (Å²) < 4.78 is 0. The summed E-state index contributed by atoms with van der Waals surface area (Å²) in [5.41, 5.74) is 0.512. The van der Waals surface area contributed by atoms with Crippen molar-refractivity contribution in [1.82, 2.24) is 4.98 Å². The van der Waals surface area contributed by atoms with Gasteiger partial charge in [0, 0.05) is 0 Å². The molecule has 0 aliphatic carbocycles. The first-order valence-corrected chi connectivity index (χ1v) is 3.69. The minimum Gasteiger partial charge on any atom is -0.477 e. The van der Waals surface area contributed by atoms with Crippen LogP contribution in [0.3, 0.4) is 0 Å². The van der Waals surface area contributed by atoms with Crippen LogP contribution in [0.25, 0.3) is 0 Å². The Labute approximate surface area is 70.2 Å². The SMILES string of the molecule is O=C(O)c1[nH]c(Cl)cc1NP. The molecule has 0 amide bonds. The van der Waals surface area contributed by atoms with Gasteiger partial charge in [-0.1, -0.05) is 11.6 Å². The van der Waals surface area contributed by atoms with Crippen LogP contribution < -0.4 is 5.09 Å². The minimum atomic E-state index is -1.04. The number of aromatic carboxylic acids is 1. The van der Waals surface area contributed by atoms with E-state index in [-0.39, 0.29) is 5.69 Å². The zero-order valence-corrected chi connectivity index (χ0v) is 7.30. The van der Waals surface area contributed by atoms with E-state index < -0.39 is 5.97 Å². The Morgan fingerprint density at radius 3 is 2.82 bits per heavy atom. The second kappa shape index (κ2) is 3.11. The van der Waals surface area contributed by atoms with Crippen molar-refractivity contribution in [2.75, 3.05) is 5.09 Å². The molecule has 1 rings (SSSR count). The highest BCUT2D eigenvalue weighted by Crippen LogP contribution is 2.21. The third-order valence-electron chi connectivity index (χ3n) is 1.15. The smallest absolute Gasteiger partial charge is 0.354 e. The van der Waals surface area contributed by atoms with Crippen LogP contribution in [0.4, 0.5) is 5.69 Å². The Balaban J connectivity index is 3.12. The molecule has 1 aromatic rings. The molecule has 11 heavy (non-hydrogen) atoms. The number of nitrogens with one attached hydrogen (secondary N) is 2. The van der Waals surface area contributed by atoms with Crippen LogP contribution in [-0.4, -0.2) is 16.1 Å². The van der Waals surface area contributed by atoms with Gasteiger partial charge in [-0.05, 0) is 15.5 Å². The number of rotatable bonds is 2. The van der Waals surface area contributed by atoms with Gasteiger partial charge in [-0.3, -0.25) is 0 Å². The first-order valence-electron chi connectivity index (χ1n) is 2.73. The number of H-pyrrole nitrogens is 1. The second-order valence-corrected chi connectivity index (χ2v) is 2.55. The van der Waals surface area contributed by atoms with Gasteiger partial charge in [0.15, 0.2) is 0 Å². The van der Waals surface area contributed by atoms with Gasteiger partial charge in [0.25, 0.3) is 0 Å². The van der Waals surface area contributed by atoms with Crippen molar-refractivity contribution in [3.63, 3.8) is 0 Å². The highest BCUT2D eigenvalue weighted by molar-refractivity contribution is 7.18. The normalized spacial score (nSPS) is 9.64. The molecule has 0 aliphatic heterocycles. The molecule has 0 aromatic carbocycles. The maximum absolute atomic E-state index is 10.5. The standard InChI is InChI=1S/C5H6ClN2O2P/c6-3-1-2(8-11)4(7-3)5(9)10/h1,7-8H,11H2,(H,9,10). The van der Waals surface area contributed by atoms with Crippen molar-refractivity contribution in [2.45, 2.75) is 0 Å². The van der Waals surface area contributed by atoms with Gasteiger partial charge in [-0.2, -0.15) is 0 Å². The van der Waals surface area contributed by atoms with Crippen LogP contribution in [0.1, 0.15) is 10.5 Å². The summed E-state index contributed by atoms with van der Waals surface area (Å²) in [6.07, 6.45) is 0. The first kappa shape index (κ1) is 8.37. The number of anilines is 1. The van der Waals surface area contributed by atoms with Gasteiger partial charge in [-0.25, -0.2) is 4.79 Å². The maximum atomic E-state index is 10.5. The Hall–Kier alpha value is -0.730. The van der Waals surface area contributed by atoms with E-state index in [9.17, 15) is 4.79 Å². The fourth-order valence-corrected chi connectivity index (χ4v) is 1.14. The highest BCUT2D eigenvalue weighted by Gasteiger charge is 2.11. The maximum Gasteiger partial charge on any atom is 0.354 e. The monoisotopic (exact) mass is 192 g/mol. The molecular weight excluding hydrogens is 186 g/mol. The van der Waals surface area contributed by atoms with E-state index >= 15 is 0 Å². The van der Waals surface area contributed by atoms with Crippen molar-refractivity contribution in [2.24, 2.45) is 0 Å². The lowest BCUT2D eigenvalue weighted by Gasteiger charge is -1.94. The largest absolute Gasteiger partial charge is 0.477 e. The van der Waals surface area contributed by atoms with Crippen LogP contribution in [0.2, 0.25) is 5.15 Å². The lowest BCUT2D eigenvalue weighted by molar-refractivity contribution is 0.0692. The Kier molecular flexibility index (Phi) is 2.37. The molecule has 0 saturated carbocycles. The molecule has 0 spiro atoms. The summed E-state index contributed by atoms with van der Waals surface area (Å²) in [5, 5.41) is 11.5. The molecule has 0 saturated heterocycles. The topological polar surface area (TPSA) is 65.1 Å². The summed E-state index contributed by atoms with van der Waals surface area (Å²) in [6.45, 7) is 0. The fraction of sp³-hybridized carbons (Fsp3) is 0. The second-order valence-electron chi connectivity index (χ2n) is 1.86. The van der Waals surface area contributed by atoms with Gasteiger partial charge >= 0.3 is 5.97 Å². The molecule has 0 fully saturated rings. The summed E-state index contributed by atoms with van der Waals surface area (Å²) in [7, 11) is 2.19. The number of aromatic nitrogens is 1. The van der Waals surface area contributed by atoms with Crippen LogP contribution in [0.15, 0.2) is 6.07 Å². The Morgan fingerprint density at radius 2 is 2.45 bits per heavy atom. The van der Waals surface area contributed by atoms with E-state index in [1.807, 2.05) is 0 Å². The fourth-order valence-electron chi connectivity index (χ4n) is 0.704. The van der Waals surface area contributed by atoms with E-state index in [0.29, 0.717) is 10.8 Å². The molecule has 60 valence electrons. The molecule has 1 heterocycles. The van der Waals surface area contributed by atoms with E-state index in [1.54, 1.807) is 0 Å². The molecule has 3 N–H and O–H groups in total. The molecular formula is C5H6ClN2O2P. The van der Waals surface area contributed by atoms with Crippen molar-refractivity contribution in [3.05, 3.63) is 16.9 Å². The van der Waals surface area contributed by atoms with Gasteiger partial charge in [0.1, 0.15) is 10.8 Å².